The van der Waals surface area contributed by atoms with Crippen molar-refractivity contribution in [2.24, 2.45) is 0 Å². The lowest BCUT2D eigenvalue weighted by molar-refractivity contribution is -0.158. The van der Waals surface area contributed by atoms with Crippen molar-refractivity contribution in [3.05, 3.63) is 96.3 Å². The number of ether oxygens (including phenoxy) is 2. The molecule has 4 rings (SSSR count). The second kappa shape index (κ2) is 9.01. The number of hydrogen-bond acceptors (Lipinski definition) is 4. The summed E-state index contributed by atoms with van der Waals surface area (Å²) in [4.78, 5) is 16.9. The van der Waals surface area contributed by atoms with Gasteiger partial charge in [-0.25, -0.2) is 0 Å². The van der Waals surface area contributed by atoms with Gasteiger partial charge in [-0.2, -0.15) is 8.78 Å². The van der Waals surface area contributed by atoms with Crippen molar-refractivity contribution in [3.8, 4) is 11.5 Å². The zero-order chi connectivity index (χ0) is 22.6. The largest absolute Gasteiger partial charge is 0.489 e. The van der Waals surface area contributed by atoms with Crippen molar-refractivity contribution in [3.63, 3.8) is 0 Å². The number of hydrogen-bond donors (Lipinski definition) is 1. The number of anilines is 1. The fourth-order valence-electron chi connectivity index (χ4n) is 3.23. The Labute approximate surface area is 183 Å². The van der Waals surface area contributed by atoms with Crippen molar-refractivity contribution in [1.29, 1.82) is 0 Å². The summed E-state index contributed by atoms with van der Waals surface area (Å²) in [5.41, 5.74) is 1.64. The molecule has 0 aliphatic rings. The molecule has 0 bridgehead atoms. The van der Waals surface area contributed by atoms with Crippen LogP contribution in [0.2, 0.25) is 0 Å². The van der Waals surface area contributed by atoms with E-state index in [-0.39, 0.29) is 5.75 Å². The Morgan fingerprint density at radius 2 is 1.75 bits per heavy atom. The second-order valence-corrected chi connectivity index (χ2v) is 7.23. The van der Waals surface area contributed by atoms with Crippen molar-refractivity contribution >= 4 is 22.4 Å². The molecule has 0 atom stereocenters. The zero-order valence-electron chi connectivity index (χ0n) is 17.2. The molecule has 0 aliphatic heterocycles. The van der Waals surface area contributed by atoms with Crippen LogP contribution in [-0.2, 0) is 6.61 Å². The van der Waals surface area contributed by atoms with Crippen LogP contribution in [0.25, 0.3) is 10.8 Å². The minimum absolute atomic E-state index is 0.0453. The number of alkyl halides is 2. The van der Waals surface area contributed by atoms with Crippen LogP contribution in [0, 0.1) is 0 Å². The maximum Gasteiger partial charge on any atom is 0.394 e. The van der Waals surface area contributed by atoms with Crippen LogP contribution in [-0.4, -0.2) is 17.0 Å². The van der Waals surface area contributed by atoms with Crippen LogP contribution in [0.15, 0.2) is 85.2 Å². The van der Waals surface area contributed by atoms with Crippen molar-refractivity contribution in [1.82, 2.24) is 4.98 Å². The number of aromatic nitrogens is 1. The molecule has 0 fully saturated rings. The van der Waals surface area contributed by atoms with Crippen LogP contribution in [0.4, 0.5) is 14.5 Å². The van der Waals surface area contributed by atoms with Crippen LogP contribution in [0.1, 0.15) is 22.8 Å². The summed E-state index contributed by atoms with van der Waals surface area (Å²) in [5.74, 6) is 0.0760. The molecule has 0 saturated carbocycles. The molecular weight excluding hydrogens is 414 g/mol. The molecule has 0 unspecified atom stereocenters. The lowest BCUT2D eigenvalue weighted by Crippen LogP contribution is -2.19. The number of amides is 1. The van der Waals surface area contributed by atoms with E-state index in [0.717, 1.165) is 16.3 Å². The molecule has 3 aromatic carbocycles. The number of halogens is 2. The molecule has 1 heterocycles. The molecule has 7 heteroatoms. The normalized spacial score (nSPS) is 11.2. The summed E-state index contributed by atoms with van der Waals surface area (Å²) in [6.07, 6.45) is 0.243. The summed E-state index contributed by atoms with van der Waals surface area (Å²) < 4.78 is 36.6. The van der Waals surface area contributed by atoms with Crippen molar-refractivity contribution in [2.45, 2.75) is 19.6 Å². The topological polar surface area (TPSA) is 60.5 Å². The average Bonchev–Trinajstić information content (AvgIpc) is 2.77. The Balaban J connectivity index is 1.45. The summed E-state index contributed by atoms with van der Waals surface area (Å²) in [6, 6.07) is 20.5. The molecule has 1 N–H and O–H groups in total. The first kappa shape index (κ1) is 21.2. The molecule has 162 valence electrons. The van der Waals surface area contributed by atoms with Crippen LogP contribution < -0.4 is 14.8 Å². The summed E-state index contributed by atoms with van der Waals surface area (Å²) in [5, 5.41) is 4.75. The molecule has 1 aromatic heterocycles. The Kier molecular flexibility index (Phi) is 5.98. The van der Waals surface area contributed by atoms with E-state index in [1.54, 1.807) is 42.7 Å². The van der Waals surface area contributed by atoms with Gasteiger partial charge in [-0.15, -0.1) is 0 Å². The Bertz CT molecular complexity index is 1250. The van der Waals surface area contributed by atoms with Gasteiger partial charge in [0.2, 0.25) is 0 Å². The highest BCUT2D eigenvalue weighted by Crippen LogP contribution is 2.25. The van der Waals surface area contributed by atoms with Gasteiger partial charge in [-0.1, -0.05) is 36.4 Å². The number of benzene rings is 3. The van der Waals surface area contributed by atoms with Crippen molar-refractivity contribution < 1.29 is 23.0 Å². The maximum atomic E-state index is 13.1. The van der Waals surface area contributed by atoms with E-state index in [9.17, 15) is 13.6 Å². The molecule has 0 aliphatic carbocycles. The monoisotopic (exact) mass is 434 g/mol. The van der Waals surface area contributed by atoms with Gasteiger partial charge in [0.25, 0.3) is 5.91 Å². The standard InChI is InChI=1S/C25H20F2N2O3/c1-25(26,27)32-22-10-5-8-20(13-22)29-24(30)17-7-4-9-21(12-17)31-16-19-15-28-14-18-6-2-3-11-23(18)19/h2-15H,16H2,1H3,(H,29,30). The van der Waals surface area contributed by atoms with E-state index in [2.05, 4.69) is 15.0 Å². The van der Waals surface area contributed by atoms with E-state index >= 15 is 0 Å². The van der Waals surface area contributed by atoms with E-state index in [1.807, 2.05) is 24.3 Å². The van der Waals surface area contributed by atoms with Crippen molar-refractivity contribution in [2.75, 3.05) is 5.32 Å². The van der Waals surface area contributed by atoms with Crippen LogP contribution in [0.3, 0.4) is 0 Å². The third kappa shape index (κ3) is 5.37. The van der Waals surface area contributed by atoms with E-state index in [1.165, 1.54) is 18.2 Å². The molecular formula is C25H20F2N2O3. The van der Waals surface area contributed by atoms with Gasteiger partial charge in [0.05, 0.1) is 0 Å². The van der Waals surface area contributed by atoms with Gasteiger partial charge < -0.3 is 14.8 Å². The molecule has 0 radical (unpaired) electrons. The zero-order valence-corrected chi connectivity index (χ0v) is 17.2. The lowest BCUT2D eigenvalue weighted by atomic mass is 10.1. The number of carbonyl (C=O) groups excluding carboxylic acids is 1. The van der Waals surface area contributed by atoms with E-state index in [0.29, 0.717) is 30.5 Å². The highest BCUT2D eigenvalue weighted by Gasteiger charge is 2.23. The van der Waals surface area contributed by atoms with E-state index < -0.39 is 12.0 Å². The summed E-state index contributed by atoms with van der Waals surface area (Å²) >= 11 is 0. The SMILES string of the molecule is CC(F)(F)Oc1cccc(NC(=O)c2cccc(OCc3cncc4ccccc34)c2)c1. The lowest BCUT2D eigenvalue weighted by Gasteiger charge is -2.14. The number of pyridine rings is 1. The molecule has 5 nitrogen and oxygen atoms in total. The first-order chi connectivity index (χ1) is 15.4. The number of nitrogens with zero attached hydrogens (tertiary/aromatic N) is 1. The van der Waals surface area contributed by atoms with Crippen LogP contribution >= 0.6 is 0 Å². The van der Waals surface area contributed by atoms with Gasteiger partial charge in [0.15, 0.2) is 0 Å². The predicted octanol–water partition coefficient (Wildman–Crippen LogP) is 6.06. The van der Waals surface area contributed by atoms with Gasteiger partial charge in [0.1, 0.15) is 18.1 Å². The summed E-state index contributed by atoms with van der Waals surface area (Å²) in [6.45, 7) is 0.947. The Hall–Kier alpha value is -4.00. The number of rotatable bonds is 7. The highest BCUT2D eigenvalue weighted by atomic mass is 19.3. The Morgan fingerprint density at radius 1 is 0.969 bits per heavy atom. The molecule has 1 amide bonds. The van der Waals surface area contributed by atoms with Gasteiger partial charge >= 0.3 is 6.11 Å². The molecule has 0 spiro atoms. The minimum Gasteiger partial charge on any atom is -0.489 e. The van der Waals surface area contributed by atoms with Crippen LogP contribution in [0.5, 0.6) is 11.5 Å². The quantitative estimate of drug-likeness (QED) is 0.384. The number of carbonyl (C=O) groups is 1. The fraction of sp³-hybridized carbons (Fsp3) is 0.120. The van der Waals surface area contributed by atoms with Gasteiger partial charge in [0, 0.05) is 47.6 Å². The Morgan fingerprint density at radius 3 is 2.59 bits per heavy atom. The second-order valence-electron chi connectivity index (χ2n) is 7.23. The smallest absolute Gasteiger partial charge is 0.394 e. The number of fused-ring (bicyclic) bond motifs is 1. The molecule has 0 saturated heterocycles. The third-order valence-corrected chi connectivity index (χ3v) is 4.63. The maximum absolute atomic E-state index is 13.1. The molecule has 4 aromatic rings. The predicted molar refractivity (Wildman–Crippen MR) is 118 cm³/mol. The number of nitrogens with one attached hydrogen (secondary N) is 1. The summed E-state index contributed by atoms with van der Waals surface area (Å²) in [7, 11) is 0. The fourth-order valence-corrected chi connectivity index (χ4v) is 3.23. The third-order valence-electron chi connectivity index (χ3n) is 4.63. The highest BCUT2D eigenvalue weighted by molar-refractivity contribution is 6.04. The average molecular weight is 434 g/mol. The van der Waals surface area contributed by atoms with E-state index in [4.69, 9.17) is 4.74 Å². The first-order valence-electron chi connectivity index (χ1n) is 9.90. The van der Waals surface area contributed by atoms with Gasteiger partial charge in [-0.3, -0.25) is 9.78 Å². The molecule has 32 heavy (non-hydrogen) atoms. The first-order valence-corrected chi connectivity index (χ1v) is 9.90. The van der Waals surface area contributed by atoms with Gasteiger partial charge in [-0.05, 0) is 35.7 Å². The minimum atomic E-state index is -3.31.